The Balaban J connectivity index is 1.26. The molecule has 0 heterocycles. The quantitative estimate of drug-likeness (QED) is 0.265. The molecule has 0 aromatic heterocycles. The minimum absolute atomic E-state index is 0.0298. The van der Waals surface area contributed by atoms with Crippen LogP contribution in [-0.4, -0.2) is 51.6 Å². The van der Waals surface area contributed by atoms with Crippen LogP contribution in [0.5, 0.6) is 0 Å². The normalized spacial score (nSPS) is 36.3. The lowest BCUT2D eigenvalue weighted by atomic mass is 9.45. The lowest BCUT2D eigenvalue weighted by molar-refractivity contribution is -0.222. The number of esters is 1. The number of hydrogen-bond donors (Lipinski definition) is 2. The topological polar surface area (TPSA) is 101 Å². The number of hydrogen-bond acceptors (Lipinski definition) is 7. The highest BCUT2D eigenvalue weighted by atomic mass is 32.2. The molecular weight excluding hydrogens is 588 g/mol. The zero-order valence-electron chi connectivity index (χ0n) is 24.3. The number of carboxylic acids is 1. The molecule has 4 aliphatic carbocycles. The van der Waals surface area contributed by atoms with Crippen molar-refractivity contribution in [3.8, 4) is 0 Å². The molecule has 4 aliphatic rings. The number of aliphatic hydroxyl groups excluding tert-OH is 1. The van der Waals surface area contributed by atoms with Crippen LogP contribution in [0.2, 0.25) is 0 Å². The average Bonchev–Trinajstić information content (AvgIpc) is 3.27. The van der Waals surface area contributed by atoms with Crippen LogP contribution in [0.4, 0.5) is 4.39 Å². The second-order valence-corrected chi connectivity index (χ2v) is 14.7. The molecule has 0 bridgehead atoms. The predicted octanol–water partition coefficient (Wildman–Crippen LogP) is 6.91. The molecule has 7 atom stereocenters. The summed E-state index contributed by atoms with van der Waals surface area (Å²) in [5.74, 6) is -3.34. The van der Waals surface area contributed by atoms with Crippen molar-refractivity contribution in [3.63, 3.8) is 0 Å². The van der Waals surface area contributed by atoms with Crippen molar-refractivity contribution in [2.24, 2.45) is 22.7 Å². The Morgan fingerprint density at radius 1 is 1.02 bits per heavy atom. The van der Waals surface area contributed by atoms with Crippen molar-refractivity contribution in [2.75, 3.05) is 6.26 Å². The molecule has 43 heavy (non-hydrogen) atoms. The molecule has 3 saturated carbocycles. The number of aliphatic carboxylic acids is 1. The maximum atomic E-state index is 17.4. The van der Waals surface area contributed by atoms with Crippen LogP contribution >= 0.6 is 23.5 Å². The Bertz CT molecular complexity index is 1550. The van der Waals surface area contributed by atoms with Gasteiger partial charge in [0.25, 0.3) is 0 Å². The van der Waals surface area contributed by atoms with Gasteiger partial charge in [0.05, 0.1) is 11.7 Å². The highest BCUT2D eigenvalue weighted by Crippen LogP contribution is 2.70. The Kier molecular flexibility index (Phi) is 7.46. The van der Waals surface area contributed by atoms with E-state index < -0.39 is 52.0 Å². The van der Waals surface area contributed by atoms with E-state index in [-0.39, 0.29) is 24.2 Å². The molecule has 0 spiro atoms. The molecular formula is C34H35FO6S2. The van der Waals surface area contributed by atoms with E-state index in [1.165, 1.54) is 12.2 Å². The summed E-state index contributed by atoms with van der Waals surface area (Å²) in [6.07, 6.45) is 5.96. The van der Waals surface area contributed by atoms with Crippen molar-refractivity contribution in [3.05, 3.63) is 77.9 Å². The van der Waals surface area contributed by atoms with Gasteiger partial charge >= 0.3 is 11.9 Å². The number of carbonyl (C=O) groups excluding carboxylic acids is 2. The molecule has 226 valence electrons. The summed E-state index contributed by atoms with van der Waals surface area (Å²) in [4.78, 5) is 41.7. The van der Waals surface area contributed by atoms with Crippen molar-refractivity contribution < 1.29 is 33.7 Å². The predicted molar refractivity (Wildman–Crippen MR) is 163 cm³/mol. The van der Waals surface area contributed by atoms with Crippen LogP contribution in [0.25, 0.3) is 0 Å². The van der Waals surface area contributed by atoms with Crippen LogP contribution in [-0.2, 0) is 14.3 Å². The average molecular weight is 623 g/mol. The first-order valence-electron chi connectivity index (χ1n) is 14.6. The standard InChI is InChI=1S/C34H35FO6S2/c1-31-15-13-22(36)17-21(31)9-12-27-26-14-16-33(30(39)40,32(26,2)19-28(37)34(27,31)35)41-29(38)20-7-10-23(11-8-20)43-25-6-4-5-24(18-25)42-3/h4-8,10-11,13,15,17-18,26-28,37H,9,12,14,16,19H2,1-3H3,(H,39,40)/t26-,27-,28-,31-,32-,33+,34?/m0/s1. The number of carbonyl (C=O) groups is 3. The number of halogens is 1. The van der Waals surface area contributed by atoms with E-state index in [1.54, 1.807) is 67.7 Å². The fourth-order valence-electron chi connectivity index (χ4n) is 8.44. The van der Waals surface area contributed by atoms with Crippen molar-refractivity contribution in [1.29, 1.82) is 0 Å². The molecule has 1 unspecified atom stereocenters. The number of allylic oxidation sites excluding steroid dienone is 4. The lowest BCUT2D eigenvalue weighted by Gasteiger charge is -2.62. The van der Waals surface area contributed by atoms with Gasteiger partial charge in [-0.3, -0.25) is 4.79 Å². The maximum Gasteiger partial charge on any atom is 0.348 e. The van der Waals surface area contributed by atoms with Gasteiger partial charge in [-0.05, 0) is 106 Å². The number of benzene rings is 2. The Hall–Kier alpha value is -2.88. The maximum absolute atomic E-state index is 17.4. The Morgan fingerprint density at radius 2 is 1.74 bits per heavy atom. The first kappa shape index (κ1) is 30.2. The van der Waals surface area contributed by atoms with Gasteiger partial charge in [-0.15, -0.1) is 11.8 Å². The molecule has 0 saturated heterocycles. The molecule has 9 heteroatoms. The number of ketones is 1. The number of ether oxygens (including phenoxy) is 1. The van der Waals surface area contributed by atoms with Crippen LogP contribution in [0.1, 0.15) is 56.3 Å². The number of rotatable bonds is 6. The molecule has 0 amide bonds. The van der Waals surface area contributed by atoms with E-state index in [4.69, 9.17) is 4.74 Å². The van der Waals surface area contributed by atoms with E-state index >= 15 is 4.39 Å². The number of aliphatic hydroxyl groups is 1. The molecule has 6 rings (SSSR count). The van der Waals surface area contributed by atoms with E-state index in [1.807, 2.05) is 24.5 Å². The SMILES string of the molecule is CSc1cccc(Sc2ccc(C(=O)O[C@@]3(C(=O)O)CC[C@H]4[C@@H]5CCC6=CC(=O)C=C[C@]6(C)C5(F)[C@@H](O)C[C@@]43C)cc2)c1. The van der Waals surface area contributed by atoms with Gasteiger partial charge in [-0.25, -0.2) is 14.0 Å². The van der Waals surface area contributed by atoms with Crippen LogP contribution < -0.4 is 0 Å². The summed E-state index contributed by atoms with van der Waals surface area (Å²) in [6.45, 7) is 3.45. The number of carboxylic acid groups (broad SMARTS) is 1. The van der Waals surface area contributed by atoms with E-state index in [0.29, 0.717) is 24.8 Å². The molecule has 0 radical (unpaired) electrons. The van der Waals surface area contributed by atoms with E-state index in [9.17, 15) is 24.6 Å². The van der Waals surface area contributed by atoms with Crippen LogP contribution in [0, 0.1) is 22.7 Å². The van der Waals surface area contributed by atoms with E-state index in [0.717, 1.165) is 14.7 Å². The molecule has 2 N–H and O–H groups in total. The third-order valence-corrected chi connectivity index (χ3v) is 12.5. The van der Waals surface area contributed by atoms with E-state index in [2.05, 4.69) is 6.07 Å². The minimum Gasteiger partial charge on any atom is -0.478 e. The van der Waals surface area contributed by atoms with Crippen molar-refractivity contribution >= 4 is 41.2 Å². The summed E-state index contributed by atoms with van der Waals surface area (Å²) in [5.41, 5.74) is -5.49. The van der Waals surface area contributed by atoms with Gasteiger partial charge in [0.2, 0.25) is 5.60 Å². The number of fused-ring (bicyclic) bond motifs is 5. The zero-order valence-corrected chi connectivity index (χ0v) is 26.0. The van der Waals surface area contributed by atoms with Crippen molar-refractivity contribution in [1.82, 2.24) is 0 Å². The molecule has 3 fully saturated rings. The third kappa shape index (κ3) is 4.45. The van der Waals surface area contributed by atoms with Gasteiger partial charge in [-0.2, -0.15) is 0 Å². The summed E-state index contributed by atoms with van der Waals surface area (Å²) in [6, 6.07) is 15.0. The first-order chi connectivity index (χ1) is 20.4. The van der Waals surface area contributed by atoms with Gasteiger partial charge in [-0.1, -0.05) is 36.4 Å². The lowest BCUT2D eigenvalue weighted by Crippen LogP contribution is -2.69. The highest BCUT2D eigenvalue weighted by molar-refractivity contribution is 7.99. The molecule has 2 aromatic carbocycles. The molecule has 6 nitrogen and oxygen atoms in total. The number of alkyl halides is 1. The second-order valence-electron chi connectivity index (χ2n) is 12.6. The molecule has 2 aromatic rings. The van der Waals surface area contributed by atoms with Crippen LogP contribution in [0.15, 0.2) is 87.0 Å². The van der Waals surface area contributed by atoms with Gasteiger partial charge in [0.1, 0.15) is 0 Å². The van der Waals surface area contributed by atoms with Crippen LogP contribution in [0.3, 0.4) is 0 Å². The zero-order chi connectivity index (χ0) is 30.8. The molecule has 0 aliphatic heterocycles. The largest absolute Gasteiger partial charge is 0.478 e. The minimum atomic E-state index is -2.08. The fourth-order valence-corrected chi connectivity index (χ4v) is 9.85. The third-order valence-electron chi connectivity index (χ3n) is 10.7. The van der Waals surface area contributed by atoms with Gasteiger partial charge < -0.3 is 14.9 Å². The smallest absolute Gasteiger partial charge is 0.348 e. The monoisotopic (exact) mass is 622 g/mol. The highest BCUT2D eigenvalue weighted by Gasteiger charge is 2.76. The van der Waals surface area contributed by atoms with Gasteiger partial charge in [0.15, 0.2) is 11.5 Å². The Morgan fingerprint density at radius 3 is 2.44 bits per heavy atom. The van der Waals surface area contributed by atoms with Crippen molar-refractivity contribution in [2.45, 2.75) is 78.0 Å². The Labute approximate surface area is 259 Å². The number of thioether (sulfide) groups is 1. The summed E-state index contributed by atoms with van der Waals surface area (Å²) < 4.78 is 23.3. The summed E-state index contributed by atoms with van der Waals surface area (Å²) in [7, 11) is 0. The first-order valence-corrected chi connectivity index (χ1v) is 16.6. The van der Waals surface area contributed by atoms with Gasteiger partial charge in [0, 0.05) is 31.4 Å². The summed E-state index contributed by atoms with van der Waals surface area (Å²) >= 11 is 3.21. The summed E-state index contributed by atoms with van der Waals surface area (Å²) in [5, 5.41) is 22.2. The fraction of sp³-hybridized carbons (Fsp3) is 0.441. The second kappa shape index (κ2) is 10.6.